The maximum atomic E-state index is 3.26. The van der Waals surface area contributed by atoms with Crippen molar-refractivity contribution in [3.8, 4) is 0 Å². The van der Waals surface area contributed by atoms with Crippen molar-refractivity contribution in [2.45, 2.75) is 19.8 Å². The molecule has 0 amide bonds. The van der Waals surface area contributed by atoms with Gasteiger partial charge in [-0.2, -0.15) is 11.8 Å². The highest BCUT2D eigenvalue weighted by Gasteiger charge is 2.19. The monoisotopic (exact) mass is 173 g/mol. The van der Waals surface area contributed by atoms with Gasteiger partial charge in [-0.25, -0.2) is 0 Å². The lowest BCUT2D eigenvalue weighted by atomic mass is 9.91. The molecule has 0 saturated carbocycles. The van der Waals surface area contributed by atoms with Crippen molar-refractivity contribution in [2.75, 3.05) is 25.1 Å². The second kappa shape index (κ2) is 5.04. The van der Waals surface area contributed by atoms with Gasteiger partial charge in [0, 0.05) is 0 Å². The minimum atomic E-state index is 0.868. The Bertz CT molecular complexity index is 99.7. The first kappa shape index (κ1) is 9.40. The van der Waals surface area contributed by atoms with E-state index >= 15 is 0 Å². The zero-order valence-corrected chi connectivity index (χ0v) is 8.41. The van der Waals surface area contributed by atoms with E-state index < -0.39 is 0 Å². The highest BCUT2D eigenvalue weighted by Crippen LogP contribution is 2.27. The summed E-state index contributed by atoms with van der Waals surface area (Å²) in [7, 11) is 2.05. The van der Waals surface area contributed by atoms with Crippen molar-refractivity contribution in [3.63, 3.8) is 0 Å². The molecule has 0 bridgehead atoms. The summed E-state index contributed by atoms with van der Waals surface area (Å²) in [5.74, 6) is 4.63. The molecule has 1 N–H and O–H groups in total. The van der Waals surface area contributed by atoms with E-state index in [0.717, 1.165) is 11.8 Å². The predicted molar refractivity (Wildman–Crippen MR) is 53.1 cm³/mol. The van der Waals surface area contributed by atoms with E-state index in [1.165, 1.54) is 30.9 Å². The molecule has 0 spiro atoms. The minimum absolute atomic E-state index is 0.868. The van der Waals surface area contributed by atoms with E-state index in [-0.39, 0.29) is 0 Å². The van der Waals surface area contributed by atoms with E-state index in [4.69, 9.17) is 0 Å². The fraction of sp³-hybridized carbons (Fsp3) is 1.00. The largest absolute Gasteiger partial charge is 0.319 e. The number of thioether (sulfide) groups is 1. The summed E-state index contributed by atoms with van der Waals surface area (Å²) in [6.07, 6.45) is 2.89. The van der Waals surface area contributed by atoms with Crippen molar-refractivity contribution in [2.24, 2.45) is 11.8 Å². The summed E-state index contributed by atoms with van der Waals surface area (Å²) in [5.41, 5.74) is 0. The molecule has 1 aliphatic heterocycles. The van der Waals surface area contributed by atoms with E-state index in [0.29, 0.717) is 0 Å². The average molecular weight is 173 g/mol. The van der Waals surface area contributed by atoms with Crippen LogP contribution in [0, 0.1) is 11.8 Å². The fourth-order valence-electron chi connectivity index (χ4n) is 1.70. The van der Waals surface area contributed by atoms with E-state index in [1.54, 1.807) is 0 Å². The van der Waals surface area contributed by atoms with Crippen LogP contribution in [0.1, 0.15) is 19.8 Å². The molecule has 1 saturated heterocycles. The number of hydrogen-bond acceptors (Lipinski definition) is 2. The molecular formula is C9H19NS. The van der Waals surface area contributed by atoms with Gasteiger partial charge in [0.1, 0.15) is 0 Å². The van der Waals surface area contributed by atoms with Gasteiger partial charge in [0.2, 0.25) is 0 Å². The molecule has 1 rings (SSSR count). The Morgan fingerprint density at radius 2 is 2.45 bits per heavy atom. The normalized spacial score (nSPS) is 28.4. The lowest BCUT2D eigenvalue weighted by Gasteiger charge is -2.26. The second-order valence-electron chi connectivity index (χ2n) is 3.51. The molecule has 1 fully saturated rings. The van der Waals surface area contributed by atoms with Gasteiger partial charge in [0.05, 0.1) is 0 Å². The molecule has 2 unspecified atom stereocenters. The van der Waals surface area contributed by atoms with Crippen LogP contribution in [0.5, 0.6) is 0 Å². The number of hydrogen-bond donors (Lipinski definition) is 1. The van der Waals surface area contributed by atoms with Crippen LogP contribution in [0.15, 0.2) is 0 Å². The first-order chi connectivity index (χ1) is 5.34. The Balaban J connectivity index is 2.21. The molecule has 0 aromatic rings. The van der Waals surface area contributed by atoms with Crippen LogP contribution in [0.2, 0.25) is 0 Å². The summed E-state index contributed by atoms with van der Waals surface area (Å²) in [4.78, 5) is 0. The first-order valence-electron chi connectivity index (χ1n) is 4.57. The minimum Gasteiger partial charge on any atom is -0.319 e. The molecule has 1 aliphatic rings. The maximum Gasteiger partial charge on any atom is -0.00232 e. The SMILES string of the molecule is CNCC(C)C1CCCSC1. The van der Waals surface area contributed by atoms with Crippen molar-refractivity contribution in [1.29, 1.82) is 0 Å². The van der Waals surface area contributed by atoms with E-state index in [1.807, 2.05) is 7.05 Å². The molecule has 0 aromatic heterocycles. The third kappa shape index (κ3) is 3.04. The van der Waals surface area contributed by atoms with Crippen LogP contribution < -0.4 is 5.32 Å². The van der Waals surface area contributed by atoms with E-state index in [9.17, 15) is 0 Å². The molecule has 11 heavy (non-hydrogen) atoms. The lowest BCUT2D eigenvalue weighted by molar-refractivity contribution is 0.353. The quantitative estimate of drug-likeness (QED) is 0.700. The molecule has 0 aromatic carbocycles. The van der Waals surface area contributed by atoms with Crippen LogP contribution in [0.25, 0.3) is 0 Å². The maximum absolute atomic E-state index is 3.26. The Morgan fingerprint density at radius 3 is 3.00 bits per heavy atom. The smallest absolute Gasteiger partial charge is 0.00232 e. The summed E-state index contributed by atoms with van der Waals surface area (Å²) in [6.45, 7) is 3.55. The van der Waals surface area contributed by atoms with Gasteiger partial charge in [-0.1, -0.05) is 6.92 Å². The highest BCUT2D eigenvalue weighted by molar-refractivity contribution is 7.99. The van der Waals surface area contributed by atoms with Gasteiger partial charge in [0.25, 0.3) is 0 Å². The molecule has 1 nitrogen and oxygen atoms in total. The van der Waals surface area contributed by atoms with Crippen LogP contribution in [0.4, 0.5) is 0 Å². The fourth-order valence-corrected chi connectivity index (χ4v) is 3.04. The van der Waals surface area contributed by atoms with Gasteiger partial charge < -0.3 is 5.32 Å². The second-order valence-corrected chi connectivity index (χ2v) is 4.66. The summed E-state index contributed by atoms with van der Waals surface area (Å²) < 4.78 is 0. The zero-order chi connectivity index (χ0) is 8.10. The van der Waals surface area contributed by atoms with Crippen molar-refractivity contribution >= 4 is 11.8 Å². The van der Waals surface area contributed by atoms with Gasteiger partial charge in [-0.15, -0.1) is 0 Å². The van der Waals surface area contributed by atoms with Crippen molar-refractivity contribution in [3.05, 3.63) is 0 Å². The van der Waals surface area contributed by atoms with Gasteiger partial charge in [-0.3, -0.25) is 0 Å². The average Bonchev–Trinajstić information content (AvgIpc) is 2.07. The highest BCUT2D eigenvalue weighted by atomic mass is 32.2. The Kier molecular flexibility index (Phi) is 4.31. The molecule has 0 radical (unpaired) electrons. The van der Waals surface area contributed by atoms with Crippen LogP contribution in [-0.2, 0) is 0 Å². The molecule has 1 heterocycles. The molecular weight excluding hydrogens is 154 g/mol. The first-order valence-corrected chi connectivity index (χ1v) is 5.72. The van der Waals surface area contributed by atoms with Crippen molar-refractivity contribution < 1.29 is 0 Å². The molecule has 2 heteroatoms. The predicted octanol–water partition coefficient (Wildman–Crippen LogP) is 1.99. The summed E-state index contributed by atoms with van der Waals surface area (Å²) in [6, 6.07) is 0. The Morgan fingerprint density at radius 1 is 1.64 bits per heavy atom. The van der Waals surface area contributed by atoms with Crippen LogP contribution in [0.3, 0.4) is 0 Å². The van der Waals surface area contributed by atoms with E-state index in [2.05, 4.69) is 24.0 Å². The Labute approximate surface area is 74.3 Å². The molecule has 66 valence electrons. The number of rotatable bonds is 3. The van der Waals surface area contributed by atoms with Crippen molar-refractivity contribution in [1.82, 2.24) is 5.32 Å². The standard InChI is InChI=1S/C9H19NS/c1-8(6-10-2)9-4-3-5-11-7-9/h8-10H,3-7H2,1-2H3. The molecule has 2 atom stereocenters. The number of nitrogens with one attached hydrogen (secondary N) is 1. The van der Waals surface area contributed by atoms with Gasteiger partial charge >= 0.3 is 0 Å². The zero-order valence-electron chi connectivity index (χ0n) is 7.60. The third-order valence-corrected chi connectivity index (χ3v) is 3.77. The summed E-state index contributed by atoms with van der Waals surface area (Å²) >= 11 is 2.13. The van der Waals surface area contributed by atoms with Gasteiger partial charge in [-0.05, 0) is 49.8 Å². The lowest BCUT2D eigenvalue weighted by Crippen LogP contribution is -2.26. The third-order valence-electron chi connectivity index (χ3n) is 2.53. The molecule has 0 aliphatic carbocycles. The Hall–Kier alpha value is 0.310. The topological polar surface area (TPSA) is 12.0 Å². The van der Waals surface area contributed by atoms with Crippen LogP contribution in [-0.4, -0.2) is 25.1 Å². The van der Waals surface area contributed by atoms with Gasteiger partial charge in [0.15, 0.2) is 0 Å². The summed E-state index contributed by atoms with van der Waals surface area (Å²) in [5, 5.41) is 3.26. The van der Waals surface area contributed by atoms with Crippen LogP contribution >= 0.6 is 11.8 Å².